The second-order valence-electron chi connectivity index (χ2n) is 8.21. The van der Waals surface area contributed by atoms with Crippen molar-refractivity contribution in [2.24, 2.45) is 5.92 Å². The number of aromatic nitrogens is 2. The van der Waals surface area contributed by atoms with E-state index in [1.807, 2.05) is 12.4 Å². The fraction of sp³-hybridized carbons (Fsp3) is 0.500. The highest BCUT2D eigenvalue weighted by atomic mass is 16.6. The molecule has 3 aliphatic heterocycles. The summed E-state index contributed by atoms with van der Waals surface area (Å²) in [5, 5.41) is 3.14. The van der Waals surface area contributed by atoms with Crippen LogP contribution < -0.4 is 5.32 Å². The maximum absolute atomic E-state index is 12.6. The van der Waals surface area contributed by atoms with E-state index in [2.05, 4.69) is 38.4 Å². The molecule has 2 atom stereocenters. The standard InChI is InChI=1S/C22H26N4O2/c27-22(28-21-13-26-8-6-15(21)7-9-26)25-20-3-1-2-17-10-16(4-5-19(17)20)18-11-23-14-24-12-18/h4-5,10-12,14-15,20-21H,1-3,6-9,13H2,(H,25,27)/t20?,21-/m1/s1. The first-order valence-electron chi connectivity index (χ1n) is 10.3. The van der Waals surface area contributed by atoms with Crippen LogP contribution in [0, 0.1) is 5.92 Å². The van der Waals surface area contributed by atoms with E-state index >= 15 is 0 Å². The summed E-state index contributed by atoms with van der Waals surface area (Å²) < 4.78 is 5.83. The van der Waals surface area contributed by atoms with Crippen molar-refractivity contribution in [2.45, 2.75) is 44.2 Å². The van der Waals surface area contributed by atoms with E-state index in [9.17, 15) is 4.79 Å². The van der Waals surface area contributed by atoms with Crippen LogP contribution in [0.4, 0.5) is 4.79 Å². The molecular weight excluding hydrogens is 352 g/mol. The molecule has 6 nitrogen and oxygen atoms in total. The number of amides is 1. The van der Waals surface area contributed by atoms with Crippen LogP contribution in [-0.2, 0) is 11.2 Å². The van der Waals surface area contributed by atoms with Crippen molar-refractivity contribution in [3.05, 3.63) is 48.0 Å². The average molecular weight is 378 g/mol. The average Bonchev–Trinajstić information content (AvgIpc) is 2.75. The summed E-state index contributed by atoms with van der Waals surface area (Å²) in [6.07, 6.45) is 10.3. The lowest BCUT2D eigenvalue weighted by Crippen LogP contribution is -2.52. The van der Waals surface area contributed by atoms with Crippen molar-refractivity contribution in [1.29, 1.82) is 0 Å². The van der Waals surface area contributed by atoms with E-state index in [1.54, 1.807) is 6.33 Å². The van der Waals surface area contributed by atoms with Gasteiger partial charge in [-0.1, -0.05) is 18.2 Å². The first-order valence-corrected chi connectivity index (χ1v) is 10.3. The second-order valence-corrected chi connectivity index (χ2v) is 8.21. The lowest BCUT2D eigenvalue weighted by molar-refractivity contribution is -0.0340. The second kappa shape index (κ2) is 7.51. The van der Waals surface area contributed by atoms with Gasteiger partial charge in [0.2, 0.25) is 0 Å². The number of aryl methyl sites for hydroxylation is 1. The van der Waals surface area contributed by atoms with E-state index < -0.39 is 0 Å². The van der Waals surface area contributed by atoms with Gasteiger partial charge in [-0.05, 0) is 67.8 Å². The third-order valence-electron chi connectivity index (χ3n) is 6.50. The molecule has 1 aromatic carbocycles. The van der Waals surface area contributed by atoms with Crippen molar-refractivity contribution in [1.82, 2.24) is 20.2 Å². The number of carbonyl (C=O) groups is 1. The first kappa shape index (κ1) is 17.6. The fourth-order valence-electron chi connectivity index (χ4n) is 4.95. The molecule has 4 aliphatic rings. The Kier molecular flexibility index (Phi) is 4.72. The summed E-state index contributed by atoms with van der Waals surface area (Å²) in [6.45, 7) is 3.19. The van der Waals surface area contributed by atoms with Crippen molar-refractivity contribution >= 4 is 6.09 Å². The predicted molar refractivity (Wildman–Crippen MR) is 106 cm³/mol. The number of hydrogen-bond acceptors (Lipinski definition) is 5. The summed E-state index contributed by atoms with van der Waals surface area (Å²) in [7, 11) is 0. The van der Waals surface area contributed by atoms with Gasteiger partial charge in [-0.2, -0.15) is 0 Å². The third kappa shape index (κ3) is 3.49. The van der Waals surface area contributed by atoms with Crippen LogP contribution in [0.3, 0.4) is 0 Å². The molecule has 0 radical (unpaired) electrons. The molecule has 1 aliphatic carbocycles. The molecule has 1 aromatic heterocycles. The van der Waals surface area contributed by atoms with Gasteiger partial charge in [0, 0.05) is 24.5 Å². The van der Waals surface area contributed by atoms with Crippen LogP contribution in [0.15, 0.2) is 36.9 Å². The minimum atomic E-state index is -0.267. The van der Waals surface area contributed by atoms with Crippen molar-refractivity contribution in [3.8, 4) is 11.1 Å². The highest BCUT2D eigenvalue weighted by molar-refractivity contribution is 5.69. The number of carbonyl (C=O) groups excluding carboxylic acids is 1. The summed E-state index contributed by atoms with van der Waals surface area (Å²) in [5.74, 6) is 0.532. The molecule has 28 heavy (non-hydrogen) atoms. The number of benzene rings is 1. The van der Waals surface area contributed by atoms with Crippen LogP contribution in [0.5, 0.6) is 0 Å². The van der Waals surface area contributed by atoms with Gasteiger partial charge < -0.3 is 10.1 Å². The Bertz CT molecular complexity index is 849. The van der Waals surface area contributed by atoms with E-state index in [0.717, 1.165) is 62.9 Å². The zero-order valence-corrected chi connectivity index (χ0v) is 16.0. The van der Waals surface area contributed by atoms with Gasteiger partial charge in [0.05, 0.1) is 6.04 Å². The molecule has 1 unspecified atom stereocenters. The normalized spacial score (nSPS) is 28.4. The summed E-state index contributed by atoms with van der Waals surface area (Å²) in [4.78, 5) is 23.2. The van der Waals surface area contributed by atoms with E-state index in [-0.39, 0.29) is 18.2 Å². The number of ether oxygens (including phenoxy) is 1. The van der Waals surface area contributed by atoms with Crippen LogP contribution >= 0.6 is 0 Å². The van der Waals surface area contributed by atoms with Gasteiger partial charge in [0.15, 0.2) is 0 Å². The third-order valence-corrected chi connectivity index (χ3v) is 6.50. The Balaban J connectivity index is 1.28. The Morgan fingerprint density at radius 1 is 1.11 bits per heavy atom. The molecule has 0 saturated carbocycles. The van der Waals surface area contributed by atoms with Gasteiger partial charge in [0.1, 0.15) is 12.4 Å². The number of piperidine rings is 3. The molecular formula is C22H26N4O2. The molecule has 4 heterocycles. The smallest absolute Gasteiger partial charge is 0.407 e. The van der Waals surface area contributed by atoms with Crippen LogP contribution in [0.2, 0.25) is 0 Å². The molecule has 3 fully saturated rings. The number of rotatable bonds is 3. The molecule has 146 valence electrons. The summed E-state index contributed by atoms with van der Waals surface area (Å²) in [6, 6.07) is 6.46. The van der Waals surface area contributed by atoms with Crippen molar-refractivity contribution < 1.29 is 9.53 Å². The monoisotopic (exact) mass is 378 g/mol. The van der Waals surface area contributed by atoms with Crippen molar-refractivity contribution in [3.63, 3.8) is 0 Å². The lowest BCUT2D eigenvalue weighted by Gasteiger charge is -2.44. The lowest BCUT2D eigenvalue weighted by atomic mass is 9.85. The van der Waals surface area contributed by atoms with E-state index in [4.69, 9.17) is 4.74 Å². The number of alkyl carbamates (subject to hydrolysis) is 1. The SMILES string of the molecule is O=C(NC1CCCc2cc(-c3cncnc3)ccc21)O[C@@H]1CN2CCC1CC2. The Hall–Kier alpha value is -2.47. The van der Waals surface area contributed by atoms with Crippen molar-refractivity contribution in [2.75, 3.05) is 19.6 Å². The predicted octanol–water partition coefficient (Wildman–Crippen LogP) is 3.34. The molecule has 0 spiro atoms. The van der Waals surface area contributed by atoms with Crippen LogP contribution in [0.25, 0.3) is 11.1 Å². The zero-order valence-electron chi connectivity index (χ0n) is 16.0. The largest absolute Gasteiger partial charge is 0.445 e. The molecule has 3 saturated heterocycles. The zero-order chi connectivity index (χ0) is 18.9. The van der Waals surface area contributed by atoms with Gasteiger partial charge in [-0.25, -0.2) is 14.8 Å². The molecule has 6 heteroatoms. The summed E-state index contributed by atoms with van der Waals surface area (Å²) >= 11 is 0. The molecule has 2 aromatic rings. The highest BCUT2D eigenvalue weighted by Gasteiger charge is 2.37. The quantitative estimate of drug-likeness (QED) is 0.887. The summed E-state index contributed by atoms with van der Waals surface area (Å²) in [5.41, 5.74) is 4.63. The molecule has 1 amide bonds. The minimum Gasteiger partial charge on any atom is -0.445 e. The molecule has 6 rings (SSSR count). The topological polar surface area (TPSA) is 67.3 Å². The molecule has 1 N–H and O–H groups in total. The van der Waals surface area contributed by atoms with Crippen LogP contribution in [0.1, 0.15) is 42.9 Å². The van der Waals surface area contributed by atoms with E-state index in [1.165, 1.54) is 11.1 Å². The number of nitrogens with one attached hydrogen (secondary N) is 1. The maximum Gasteiger partial charge on any atom is 0.407 e. The Labute approximate surface area is 165 Å². The van der Waals surface area contributed by atoms with Crippen LogP contribution in [-0.4, -0.2) is 46.7 Å². The fourth-order valence-corrected chi connectivity index (χ4v) is 4.95. The highest BCUT2D eigenvalue weighted by Crippen LogP contribution is 2.33. The Morgan fingerprint density at radius 3 is 2.68 bits per heavy atom. The van der Waals surface area contributed by atoms with E-state index in [0.29, 0.717) is 5.92 Å². The first-order chi connectivity index (χ1) is 13.8. The maximum atomic E-state index is 12.6. The number of hydrogen-bond donors (Lipinski definition) is 1. The molecule has 2 bridgehead atoms. The van der Waals surface area contributed by atoms with Gasteiger partial charge >= 0.3 is 6.09 Å². The van der Waals surface area contributed by atoms with Gasteiger partial charge in [0.25, 0.3) is 0 Å². The minimum absolute atomic E-state index is 0.0263. The number of fused-ring (bicyclic) bond motifs is 4. The van der Waals surface area contributed by atoms with Gasteiger partial charge in [-0.15, -0.1) is 0 Å². The van der Waals surface area contributed by atoms with Gasteiger partial charge in [-0.3, -0.25) is 4.90 Å². The Morgan fingerprint density at radius 2 is 1.93 bits per heavy atom. The number of nitrogens with zero attached hydrogens (tertiary/aromatic N) is 3.